The highest BCUT2D eigenvalue weighted by Gasteiger charge is 2.33. The quantitative estimate of drug-likeness (QED) is 0.622. The fraction of sp³-hybridized carbons (Fsp3) is 0.929. The minimum Gasteiger partial charge on any atom is -0.368 e. The number of nitrogens with two attached hydrogens (primary N) is 1. The van der Waals surface area contributed by atoms with Crippen molar-refractivity contribution in [3.8, 4) is 0 Å². The Morgan fingerprint density at radius 2 is 2.06 bits per heavy atom. The van der Waals surface area contributed by atoms with Crippen LogP contribution in [0.1, 0.15) is 52.9 Å². The van der Waals surface area contributed by atoms with Crippen molar-refractivity contribution in [2.24, 2.45) is 5.73 Å². The molecule has 1 unspecified atom stereocenters. The fourth-order valence-electron chi connectivity index (χ4n) is 2.33. The second kappa shape index (κ2) is 7.10. The molecule has 4 nitrogen and oxygen atoms in total. The van der Waals surface area contributed by atoms with Crippen LogP contribution in [-0.2, 0) is 4.79 Å². The number of nitrogens with one attached hydrogen (secondary N) is 1. The van der Waals surface area contributed by atoms with Gasteiger partial charge in [0.1, 0.15) is 0 Å². The van der Waals surface area contributed by atoms with E-state index in [0.717, 1.165) is 32.1 Å². The van der Waals surface area contributed by atoms with Gasteiger partial charge in [0.15, 0.2) is 0 Å². The molecule has 1 aliphatic carbocycles. The smallest absolute Gasteiger partial charge is 0.237 e. The first kappa shape index (κ1) is 15.4. The Hall–Kier alpha value is -0.610. The first-order chi connectivity index (χ1) is 8.53. The van der Waals surface area contributed by atoms with Crippen molar-refractivity contribution in [3.63, 3.8) is 0 Å². The number of rotatable bonds is 10. The van der Waals surface area contributed by atoms with Gasteiger partial charge in [-0.15, -0.1) is 0 Å². The molecule has 0 aromatic rings. The topological polar surface area (TPSA) is 58.4 Å². The Morgan fingerprint density at radius 3 is 2.50 bits per heavy atom. The number of amides is 1. The van der Waals surface area contributed by atoms with E-state index in [0.29, 0.717) is 0 Å². The molecule has 1 rings (SSSR count). The molecule has 18 heavy (non-hydrogen) atoms. The van der Waals surface area contributed by atoms with Crippen LogP contribution < -0.4 is 11.1 Å². The zero-order chi connectivity index (χ0) is 13.6. The van der Waals surface area contributed by atoms with Gasteiger partial charge >= 0.3 is 0 Å². The molecule has 1 amide bonds. The molecule has 1 saturated carbocycles. The van der Waals surface area contributed by atoms with Crippen LogP contribution in [0.4, 0.5) is 0 Å². The molecular weight excluding hydrogens is 226 g/mol. The van der Waals surface area contributed by atoms with Gasteiger partial charge in [0.25, 0.3) is 0 Å². The Balaban J connectivity index is 2.45. The van der Waals surface area contributed by atoms with Gasteiger partial charge in [-0.2, -0.15) is 0 Å². The largest absolute Gasteiger partial charge is 0.368 e. The SMILES string of the molecule is CCCCN(CCC(C)(NCC)C(N)=O)C1CC1. The molecule has 0 aromatic carbocycles. The van der Waals surface area contributed by atoms with Crippen molar-refractivity contribution >= 4 is 5.91 Å². The number of carbonyl (C=O) groups is 1. The maximum atomic E-state index is 11.6. The third kappa shape index (κ3) is 4.58. The number of likely N-dealkylation sites (N-methyl/N-ethyl adjacent to an activating group) is 1. The van der Waals surface area contributed by atoms with Crippen LogP contribution in [0.5, 0.6) is 0 Å². The summed E-state index contributed by atoms with van der Waals surface area (Å²) in [5.41, 5.74) is 4.95. The van der Waals surface area contributed by atoms with Crippen molar-refractivity contribution < 1.29 is 4.79 Å². The molecule has 3 N–H and O–H groups in total. The highest BCUT2D eigenvalue weighted by atomic mass is 16.1. The van der Waals surface area contributed by atoms with Crippen LogP contribution >= 0.6 is 0 Å². The zero-order valence-electron chi connectivity index (χ0n) is 12.2. The van der Waals surface area contributed by atoms with E-state index in [2.05, 4.69) is 17.1 Å². The van der Waals surface area contributed by atoms with Gasteiger partial charge in [0.05, 0.1) is 5.54 Å². The second-order valence-corrected chi connectivity index (χ2v) is 5.60. The predicted molar refractivity (Wildman–Crippen MR) is 75.4 cm³/mol. The van der Waals surface area contributed by atoms with E-state index >= 15 is 0 Å². The van der Waals surface area contributed by atoms with Crippen molar-refractivity contribution in [2.75, 3.05) is 19.6 Å². The molecule has 0 aliphatic heterocycles. The summed E-state index contributed by atoms with van der Waals surface area (Å²) in [6.07, 6.45) is 5.90. The summed E-state index contributed by atoms with van der Waals surface area (Å²) in [7, 11) is 0. The highest BCUT2D eigenvalue weighted by molar-refractivity contribution is 5.84. The molecular formula is C14H29N3O. The number of hydrogen-bond donors (Lipinski definition) is 2. The van der Waals surface area contributed by atoms with Crippen molar-refractivity contribution in [1.29, 1.82) is 0 Å². The van der Waals surface area contributed by atoms with E-state index < -0.39 is 5.54 Å². The van der Waals surface area contributed by atoms with E-state index in [-0.39, 0.29) is 5.91 Å². The number of carbonyl (C=O) groups excluding carboxylic acids is 1. The van der Waals surface area contributed by atoms with Crippen LogP contribution in [0.3, 0.4) is 0 Å². The van der Waals surface area contributed by atoms with Gasteiger partial charge in [-0.3, -0.25) is 4.79 Å². The summed E-state index contributed by atoms with van der Waals surface area (Å²) in [5.74, 6) is -0.240. The van der Waals surface area contributed by atoms with Gasteiger partial charge in [-0.1, -0.05) is 20.3 Å². The molecule has 0 saturated heterocycles. The fourth-order valence-corrected chi connectivity index (χ4v) is 2.33. The molecule has 106 valence electrons. The molecule has 1 fully saturated rings. The summed E-state index contributed by atoms with van der Waals surface area (Å²) >= 11 is 0. The maximum absolute atomic E-state index is 11.6. The minimum atomic E-state index is -0.561. The van der Waals surface area contributed by atoms with Gasteiger partial charge in [-0.25, -0.2) is 0 Å². The van der Waals surface area contributed by atoms with Crippen LogP contribution in [0.2, 0.25) is 0 Å². The molecule has 0 bridgehead atoms. The predicted octanol–water partition coefficient (Wildman–Crippen LogP) is 1.49. The number of nitrogens with zero attached hydrogens (tertiary/aromatic N) is 1. The van der Waals surface area contributed by atoms with Gasteiger partial charge in [0.2, 0.25) is 5.91 Å². The Bertz CT molecular complexity index is 266. The monoisotopic (exact) mass is 255 g/mol. The van der Waals surface area contributed by atoms with Crippen LogP contribution in [0.25, 0.3) is 0 Å². The summed E-state index contributed by atoms with van der Waals surface area (Å²) in [6, 6.07) is 0.760. The molecule has 1 atom stereocenters. The number of primary amides is 1. The standard InChI is InChI=1S/C14H29N3O/c1-4-6-10-17(12-7-8-12)11-9-14(3,13(15)18)16-5-2/h12,16H,4-11H2,1-3H3,(H2,15,18). The Kier molecular flexibility index (Phi) is 6.09. The van der Waals surface area contributed by atoms with Crippen molar-refractivity contribution in [3.05, 3.63) is 0 Å². The van der Waals surface area contributed by atoms with Gasteiger partial charge in [-0.05, 0) is 45.7 Å². The van der Waals surface area contributed by atoms with E-state index in [1.807, 2.05) is 13.8 Å². The third-order valence-corrected chi connectivity index (χ3v) is 3.87. The normalized spacial score (nSPS) is 18.9. The minimum absolute atomic E-state index is 0.240. The first-order valence-corrected chi connectivity index (χ1v) is 7.32. The average Bonchev–Trinajstić information content (AvgIpc) is 3.13. The lowest BCUT2D eigenvalue weighted by molar-refractivity contribution is -0.124. The second-order valence-electron chi connectivity index (χ2n) is 5.60. The van der Waals surface area contributed by atoms with Gasteiger partial charge in [0, 0.05) is 12.6 Å². The maximum Gasteiger partial charge on any atom is 0.237 e. The lowest BCUT2D eigenvalue weighted by atomic mass is 9.96. The molecule has 0 heterocycles. The lowest BCUT2D eigenvalue weighted by Gasteiger charge is -2.30. The van der Waals surface area contributed by atoms with Gasteiger partial charge < -0.3 is 16.0 Å². The molecule has 0 radical (unpaired) electrons. The van der Waals surface area contributed by atoms with E-state index in [9.17, 15) is 4.79 Å². The third-order valence-electron chi connectivity index (χ3n) is 3.87. The number of hydrogen-bond acceptors (Lipinski definition) is 3. The van der Waals surface area contributed by atoms with E-state index in [1.165, 1.54) is 25.7 Å². The highest BCUT2D eigenvalue weighted by Crippen LogP contribution is 2.28. The summed E-state index contributed by atoms with van der Waals surface area (Å²) in [6.45, 7) is 9.05. The Morgan fingerprint density at radius 1 is 1.39 bits per heavy atom. The Labute approximate surface area is 111 Å². The summed E-state index contributed by atoms with van der Waals surface area (Å²) < 4.78 is 0. The van der Waals surface area contributed by atoms with Crippen molar-refractivity contribution in [2.45, 2.75) is 64.5 Å². The van der Waals surface area contributed by atoms with Crippen LogP contribution in [0.15, 0.2) is 0 Å². The average molecular weight is 255 g/mol. The van der Waals surface area contributed by atoms with E-state index in [4.69, 9.17) is 5.73 Å². The molecule has 1 aliphatic rings. The summed E-state index contributed by atoms with van der Waals surface area (Å²) in [5, 5.41) is 3.23. The number of unbranched alkanes of at least 4 members (excludes halogenated alkanes) is 1. The van der Waals surface area contributed by atoms with Crippen LogP contribution in [0, 0.1) is 0 Å². The molecule has 0 aromatic heterocycles. The first-order valence-electron chi connectivity index (χ1n) is 7.32. The van der Waals surface area contributed by atoms with Crippen molar-refractivity contribution in [1.82, 2.24) is 10.2 Å². The van der Waals surface area contributed by atoms with Crippen LogP contribution in [-0.4, -0.2) is 42.0 Å². The molecule has 4 heteroatoms. The van der Waals surface area contributed by atoms with E-state index in [1.54, 1.807) is 0 Å². The summed E-state index contributed by atoms with van der Waals surface area (Å²) in [4.78, 5) is 14.1. The lowest BCUT2D eigenvalue weighted by Crippen LogP contribution is -2.54. The zero-order valence-corrected chi connectivity index (χ0v) is 12.2. The molecule has 0 spiro atoms.